The third kappa shape index (κ3) is 6.21. The molecular formula is C23H16Cl2F6N4O5. The minimum absolute atomic E-state index is 0.0744. The van der Waals surface area contributed by atoms with Gasteiger partial charge in [0.05, 0.1) is 16.6 Å². The van der Waals surface area contributed by atoms with Gasteiger partial charge in [-0.2, -0.15) is 13.2 Å². The van der Waals surface area contributed by atoms with Gasteiger partial charge in [-0.3, -0.25) is 14.3 Å². The second-order valence-corrected chi connectivity index (χ2v) is 9.15. The molecule has 0 spiro atoms. The van der Waals surface area contributed by atoms with Crippen LogP contribution in [-0.2, 0) is 20.2 Å². The van der Waals surface area contributed by atoms with Crippen molar-refractivity contribution in [2.24, 2.45) is 7.05 Å². The Balaban J connectivity index is 1.78. The Morgan fingerprint density at radius 1 is 1.02 bits per heavy atom. The minimum Gasteiger partial charge on any atom is -0.485 e. The van der Waals surface area contributed by atoms with Crippen molar-refractivity contribution < 1.29 is 40.9 Å². The fourth-order valence-corrected chi connectivity index (χ4v) is 4.03. The number of alkyl halides is 6. The fourth-order valence-electron chi connectivity index (χ4n) is 3.71. The second kappa shape index (κ2) is 10.7. The van der Waals surface area contributed by atoms with Crippen molar-refractivity contribution in [1.82, 2.24) is 19.1 Å². The lowest BCUT2D eigenvalue weighted by atomic mass is 10.2. The van der Waals surface area contributed by atoms with E-state index in [0.717, 1.165) is 16.7 Å². The summed E-state index contributed by atoms with van der Waals surface area (Å²) in [6.07, 6.45) is -13.2. The molecule has 0 saturated carbocycles. The summed E-state index contributed by atoms with van der Waals surface area (Å²) >= 11 is 11.8. The Kier molecular flexibility index (Phi) is 7.84. The first-order chi connectivity index (χ1) is 18.5. The van der Waals surface area contributed by atoms with Crippen molar-refractivity contribution in [3.8, 4) is 22.9 Å². The molecule has 9 nitrogen and oxygen atoms in total. The number of rotatable bonds is 7. The second-order valence-electron chi connectivity index (χ2n) is 8.34. The predicted molar refractivity (Wildman–Crippen MR) is 131 cm³/mol. The number of hydrogen-bond acceptors (Lipinski definition) is 6. The van der Waals surface area contributed by atoms with E-state index in [9.17, 15) is 41.0 Å². The number of aromatic amines is 1. The Hall–Kier alpha value is -3.69. The van der Waals surface area contributed by atoms with Crippen molar-refractivity contribution in [1.29, 1.82) is 0 Å². The largest absolute Gasteiger partial charge is 0.573 e. The normalized spacial score (nSPS) is 13.1. The van der Waals surface area contributed by atoms with Gasteiger partial charge in [0.1, 0.15) is 12.4 Å². The first kappa shape index (κ1) is 29.3. The number of benzene rings is 2. The van der Waals surface area contributed by atoms with Gasteiger partial charge in [-0.1, -0.05) is 29.3 Å². The van der Waals surface area contributed by atoms with Crippen LogP contribution in [0.1, 0.15) is 5.56 Å². The molecule has 4 aromatic rings. The van der Waals surface area contributed by atoms with Crippen LogP contribution in [0.4, 0.5) is 26.3 Å². The number of aryl methyl sites for hydroxylation is 1. The van der Waals surface area contributed by atoms with Gasteiger partial charge in [0, 0.05) is 12.6 Å². The molecule has 214 valence electrons. The van der Waals surface area contributed by atoms with Crippen molar-refractivity contribution >= 4 is 34.4 Å². The van der Waals surface area contributed by atoms with E-state index in [1.165, 1.54) is 25.2 Å². The molecule has 0 unspecified atom stereocenters. The molecule has 0 amide bonds. The highest BCUT2D eigenvalue weighted by atomic mass is 35.5. The van der Waals surface area contributed by atoms with E-state index in [4.69, 9.17) is 27.9 Å². The molecule has 2 N–H and O–H groups in total. The highest BCUT2D eigenvalue weighted by molar-refractivity contribution is 6.42. The molecule has 0 saturated heterocycles. The van der Waals surface area contributed by atoms with E-state index in [-0.39, 0.29) is 39.3 Å². The standard InChI is InChI=1S/C23H16Cl2F6N4O5/c1-34-17-19(35(21(38)33-20(17)37)8-16(36)22(26,27)28)32-18(34)11-3-5-14(15(7-11)40-23(29,30)31)39-9-10-2-4-12(24)13(25)6-10/h2-7,16,36H,8-9H2,1H3,(H,33,37,38)/t16-/m0/s1. The average molecular weight is 613 g/mol. The van der Waals surface area contributed by atoms with E-state index in [0.29, 0.717) is 10.1 Å². The molecule has 0 radical (unpaired) electrons. The molecule has 0 bridgehead atoms. The smallest absolute Gasteiger partial charge is 0.485 e. The lowest BCUT2D eigenvalue weighted by Crippen LogP contribution is -2.39. The number of aromatic nitrogens is 4. The van der Waals surface area contributed by atoms with Crippen LogP contribution in [0, 0.1) is 0 Å². The number of nitrogens with zero attached hydrogens (tertiary/aromatic N) is 3. The first-order valence-corrected chi connectivity index (χ1v) is 11.7. The van der Waals surface area contributed by atoms with Crippen LogP contribution in [-0.4, -0.2) is 42.9 Å². The molecule has 0 aliphatic carbocycles. The number of aliphatic hydroxyl groups is 1. The third-order valence-corrected chi connectivity index (χ3v) is 6.29. The van der Waals surface area contributed by atoms with Gasteiger partial charge in [-0.25, -0.2) is 9.78 Å². The van der Waals surface area contributed by atoms with E-state index in [2.05, 4.69) is 9.72 Å². The van der Waals surface area contributed by atoms with Crippen LogP contribution in [0.5, 0.6) is 11.5 Å². The zero-order valence-corrected chi connectivity index (χ0v) is 21.4. The van der Waals surface area contributed by atoms with Crippen LogP contribution in [0.3, 0.4) is 0 Å². The molecule has 2 heterocycles. The Labute approximate surface area is 229 Å². The van der Waals surface area contributed by atoms with Gasteiger partial charge in [0.15, 0.2) is 28.8 Å². The third-order valence-electron chi connectivity index (χ3n) is 5.55. The summed E-state index contributed by atoms with van der Waals surface area (Å²) in [5.74, 6) is -1.34. The van der Waals surface area contributed by atoms with Crippen molar-refractivity contribution in [2.45, 2.75) is 31.8 Å². The highest BCUT2D eigenvalue weighted by Gasteiger charge is 2.39. The van der Waals surface area contributed by atoms with E-state index >= 15 is 0 Å². The Morgan fingerprint density at radius 3 is 2.35 bits per heavy atom. The van der Waals surface area contributed by atoms with Gasteiger partial charge < -0.3 is 19.1 Å². The Bertz CT molecular complexity index is 1700. The SMILES string of the molecule is Cn1c(-c2ccc(OCc3ccc(Cl)c(Cl)c3)c(OC(F)(F)F)c2)nc2c1c(=O)[nH]c(=O)n2C[C@H](O)C(F)(F)F. The maximum absolute atomic E-state index is 13.2. The summed E-state index contributed by atoms with van der Waals surface area (Å²) in [4.78, 5) is 30.6. The zero-order valence-electron chi connectivity index (χ0n) is 19.9. The van der Waals surface area contributed by atoms with Crippen molar-refractivity contribution in [3.63, 3.8) is 0 Å². The molecule has 0 aliphatic heterocycles. The number of hydrogen-bond donors (Lipinski definition) is 2. The van der Waals surface area contributed by atoms with Crippen LogP contribution < -0.4 is 20.7 Å². The quantitative estimate of drug-likeness (QED) is 0.290. The summed E-state index contributed by atoms with van der Waals surface area (Å²) in [5.41, 5.74) is -2.81. The summed E-state index contributed by atoms with van der Waals surface area (Å²) in [6, 6.07) is 7.74. The minimum atomic E-state index is -5.14. The zero-order chi connectivity index (χ0) is 29.6. The molecule has 2 aromatic carbocycles. The molecule has 4 rings (SSSR count). The van der Waals surface area contributed by atoms with Crippen LogP contribution in [0.2, 0.25) is 10.0 Å². The summed E-state index contributed by atoms with van der Waals surface area (Å²) in [7, 11) is 1.26. The van der Waals surface area contributed by atoms with Crippen LogP contribution >= 0.6 is 23.2 Å². The summed E-state index contributed by atoms with van der Waals surface area (Å²) < 4.78 is 89.4. The van der Waals surface area contributed by atoms with Crippen molar-refractivity contribution in [2.75, 3.05) is 0 Å². The van der Waals surface area contributed by atoms with Gasteiger partial charge in [-0.15, -0.1) is 13.2 Å². The van der Waals surface area contributed by atoms with Gasteiger partial charge >= 0.3 is 18.2 Å². The number of ether oxygens (including phenoxy) is 2. The number of aliphatic hydroxyl groups excluding tert-OH is 1. The van der Waals surface area contributed by atoms with Crippen LogP contribution in [0.25, 0.3) is 22.6 Å². The number of nitrogens with one attached hydrogen (secondary N) is 1. The lowest BCUT2D eigenvalue weighted by molar-refractivity contribution is -0.275. The summed E-state index contributed by atoms with van der Waals surface area (Å²) in [6.45, 7) is -1.52. The van der Waals surface area contributed by atoms with E-state index in [1.807, 2.05) is 4.98 Å². The molecule has 1 atom stereocenters. The molecule has 0 fully saturated rings. The van der Waals surface area contributed by atoms with Crippen LogP contribution in [0.15, 0.2) is 46.0 Å². The van der Waals surface area contributed by atoms with Gasteiger partial charge in [0.25, 0.3) is 5.56 Å². The van der Waals surface area contributed by atoms with Crippen molar-refractivity contribution in [3.05, 3.63) is 72.8 Å². The first-order valence-electron chi connectivity index (χ1n) is 11.0. The average Bonchev–Trinajstić information content (AvgIpc) is 3.18. The highest BCUT2D eigenvalue weighted by Crippen LogP contribution is 2.37. The number of fused-ring (bicyclic) bond motifs is 1. The topological polar surface area (TPSA) is 111 Å². The Morgan fingerprint density at radius 2 is 1.73 bits per heavy atom. The summed E-state index contributed by atoms with van der Waals surface area (Å²) in [5, 5.41) is 9.92. The molecule has 0 aliphatic rings. The molecule has 40 heavy (non-hydrogen) atoms. The van der Waals surface area contributed by atoms with Gasteiger partial charge in [0.2, 0.25) is 0 Å². The van der Waals surface area contributed by atoms with Gasteiger partial charge in [-0.05, 0) is 35.9 Å². The molecule has 2 aromatic heterocycles. The molecular weight excluding hydrogens is 597 g/mol. The number of halogens is 8. The predicted octanol–water partition coefficient (Wildman–Crippen LogP) is 4.80. The monoisotopic (exact) mass is 612 g/mol. The number of imidazole rings is 1. The maximum Gasteiger partial charge on any atom is 0.573 e. The number of H-pyrrole nitrogens is 1. The maximum atomic E-state index is 13.2. The fraction of sp³-hybridized carbons (Fsp3) is 0.261. The van der Waals surface area contributed by atoms with E-state index < -0.39 is 47.8 Å². The van der Waals surface area contributed by atoms with E-state index in [1.54, 1.807) is 6.07 Å². The lowest BCUT2D eigenvalue weighted by Gasteiger charge is -2.15. The molecule has 17 heteroatoms.